The Balaban J connectivity index is 1.78. The monoisotopic (exact) mass is 260 g/mol. The second-order valence-electron chi connectivity index (χ2n) is 5.23. The molecule has 1 amide bonds. The van der Waals surface area contributed by atoms with E-state index in [2.05, 4.69) is 0 Å². The summed E-state index contributed by atoms with van der Waals surface area (Å²) in [5.74, 6) is 0.881. The summed E-state index contributed by atoms with van der Waals surface area (Å²) < 4.78 is 0. The van der Waals surface area contributed by atoms with Gasteiger partial charge in [-0.15, -0.1) is 0 Å². The zero-order valence-corrected chi connectivity index (χ0v) is 11.0. The number of piperidine rings is 1. The van der Waals surface area contributed by atoms with Gasteiger partial charge in [-0.2, -0.15) is 0 Å². The number of hydrogen-bond acceptors (Lipinski definition) is 2. The zero-order chi connectivity index (χ0) is 12.7. The molecule has 18 heavy (non-hydrogen) atoms. The fraction of sp³-hybridized carbons (Fsp3) is 0.429. The van der Waals surface area contributed by atoms with Crippen LogP contribution in [0.25, 0.3) is 0 Å². The van der Waals surface area contributed by atoms with Gasteiger partial charge in [-0.25, -0.2) is 0 Å². The van der Waals surface area contributed by atoms with Gasteiger partial charge in [-0.3, -0.25) is 4.79 Å². The van der Waals surface area contributed by atoms with Gasteiger partial charge in [0.2, 0.25) is 0 Å². The van der Waals surface area contributed by atoms with Gasteiger partial charge in [0, 0.05) is 23.7 Å². The van der Waals surface area contributed by atoms with Crippen LogP contribution in [0.4, 0.5) is 0 Å². The van der Waals surface area contributed by atoms with Crippen molar-refractivity contribution in [2.45, 2.75) is 25.3 Å². The summed E-state index contributed by atoms with van der Waals surface area (Å²) in [5, 5.41) is 0. The molecule has 2 fully saturated rings. The lowest BCUT2D eigenvalue weighted by Crippen LogP contribution is -2.37. The van der Waals surface area contributed by atoms with Gasteiger partial charge in [0.05, 0.1) is 0 Å². The highest BCUT2D eigenvalue weighted by Crippen LogP contribution is 2.38. The molecule has 94 valence electrons. The number of rotatable bonds is 2. The number of fused-ring (bicyclic) bond motifs is 2. The molecule has 1 aromatic rings. The van der Waals surface area contributed by atoms with E-state index in [9.17, 15) is 4.79 Å². The van der Waals surface area contributed by atoms with Gasteiger partial charge >= 0.3 is 0 Å². The number of amides is 1. The molecule has 2 atom stereocenters. The molecular weight excluding hydrogens is 244 g/mol. The second kappa shape index (κ2) is 4.35. The summed E-state index contributed by atoms with van der Waals surface area (Å²) >= 11 is 4.90. The van der Waals surface area contributed by atoms with Crippen molar-refractivity contribution in [2.75, 3.05) is 6.54 Å². The van der Waals surface area contributed by atoms with E-state index in [0.717, 1.165) is 23.6 Å². The van der Waals surface area contributed by atoms with E-state index in [1.807, 2.05) is 29.2 Å². The first kappa shape index (κ1) is 11.7. The van der Waals surface area contributed by atoms with Crippen LogP contribution in [0, 0.1) is 5.92 Å². The van der Waals surface area contributed by atoms with Crippen LogP contribution in [0.5, 0.6) is 0 Å². The second-order valence-corrected chi connectivity index (χ2v) is 5.67. The Morgan fingerprint density at radius 2 is 1.89 bits per heavy atom. The van der Waals surface area contributed by atoms with Crippen LogP contribution in [0.15, 0.2) is 24.3 Å². The van der Waals surface area contributed by atoms with Crippen LogP contribution >= 0.6 is 12.2 Å². The average molecular weight is 260 g/mol. The summed E-state index contributed by atoms with van der Waals surface area (Å²) in [6.07, 6.45) is 3.65. The number of benzene rings is 1. The first-order valence-corrected chi connectivity index (χ1v) is 6.77. The number of nitrogens with two attached hydrogens (primary N) is 1. The minimum absolute atomic E-state index is 0.150. The Kier molecular flexibility index (Phi) is 2.82. The number of thiocarbonyl (C=S) groups is 1. The molecule has 1 aliphatic carbocycles. The topological polar surface area (TPSA) is 46.3 Å². The molecule has 1 aliphatic heterocycles. The number of carbonyl (C=O) groups excluding carboxylic acids is 1. The van der Waals surface area contributed by atoms with Crippen LogP contribution in [0.3, 0.4) is 0 Å². The van der Waals surface area contributed by atoms with E-state index in [-0.39, 0.29) is 5.91 Å². The molecule has 2 unspecified atom stereocenters. The minimum atomic E-state index is 0.150. The normalized spacial score (nSPS) is 25.4. The maximum Gasteiger partial charge on any atom is 0.254 e. The zero-order valence-electron chi connectivity index (χ0n) is 10.1. The Bertz CT molecular complexity index is 497. The lowest BCUT2D eigenvalue weighted by molar-refractivity contribution is 0.0703. The van der Waals surface area contributed by atoms with Crippen molar-refractivity contribution in [1.29, 1.82) is 0 Å². The van der Waals surface area contributed by atoms with Crippen molar-refractivity contribution in [3.8, 4) is 0 Å². The molecule has 4 heteroatoms. The van der Waals surface area contributed by atoms with Crippen LogP contribution in [-0.2, 0) is 0 Å². The molecule has 0 radical (unpaired) electrons. The first-order chi connectivity index (χ1) is 8.65. The number of carbonyl (C=O) groups is 1. The van der Waals surface area contributed by atoms with Gasteiger partial charge in [0.25, 0.3) is 5.91 Å². The van der Waals surface area contributed by atoms with Gasteiger partial charge in [0.15, 0.2) is 0 Å². The van der Waals surface area contributed by atoms with E-state index in [1.54, 1.807) is 0 Å². The SMILES string of the molecule is NC(=S)c1ccc(C(=O)N2CC3CCC2C3)cc1. The summed E-state index contributed by atoms with van der Waals surface area (Å²) in [6.45, 7) is 0.931. The predicted octanol–water partition coefficient (Wildman–Crippen LogP) is 1.95. The van der Waals surface area contributed by atoms with E-state index in [0.29, 0.717) is 11.0 Å². The Hall–Kier alpha value is -1.42. The van der Waals surface area contributed by atoms with Crippen molar-refractivity contribution in [1.82, 2.24) is 4.90 Å². The third-order valence-corrected chi connectivity index (χ3v) is 4.32. The number of likely N-dealkylation sites (tertiary alicyclic amines) is 1. The Morgan fingerprint density at radius 3 is 2.39 bits per heavy atom. The van der Waals surface area contributed by atoms with E-state index >= 15 is 0 Å². The van der Waals surface area contributed by atoms with Crippen molar-refractivity contribution in [2.24, 2.45) is 11.7 Å². The molecule has 0 aromatic heterocycles. The van der Waals surface area contributed by atoms with E-state index in [4.69, 9.17) is 18.0 Å². The van der Waals surface area contributed by atoms with Crippen LogP contribution < -0.4 is 5.73 Å². The maximum absolute atomic E-state index is 12.4. The van der Waals surface area contributed by atoms with Crippen LogP contribution in [0.2, 0.25) is 0 Å². The van der Waals surface area contributed by atoms with Crippen molar-refractivity contribution >= 4 is 23.1 Å². The summed E-state index contributed by atoms with van der Waals surface area (Å²) in [7, 11) is 0. The highest BCUT2D eigenvalue weighted by molar-refractivity contribution is 7.80. The molecule has 2 N–H and O–H groups in total. The summed E-state index contributed by atoms with van der Waals surface area (Å²) in [6, 6.07) is 7.76. The molecule has 1 saturated carbocycles. The third kappa shape index (κ3) is 1.90. The summed E-state index contributed by atoms with van der Waals surface area (Å²) in [4.78, 5) is 14.8. The quantitative estimate of drug-likeness (QED) is 0.827. The predicted molar refractivity (Wildman–Crippen MR) is 74.5 cm³/mol. The molecule has 0 spiro atoms. The highest BCUT2D eigenvalue weighted by atomic mass is 32.1. The molecular formula is C14H16N2OS. The van der Waals surface area contributed by atoms with Crippen LogP contribution in [-0.4, -0.2) is 28.4 Å². The van der Waals surface area contributed by atoms with Crippen LogP contribution in [0.1, 0.15) is 35.2 Å². The van der Waals surface area contributed by atoms with Crippen molar-refractivity contribution in [3.05, 3.63) is 35.4 Å². The first-order valence-electron chi connectivity index (χ1n) is 6.36. The Morgan fingerprint density at radius 1 is 1.22 bits per heavy atom. The smallest absolute Gasteiger partial charge is 0.254 e. The van der Waals surface area contributed by atoms with E-state index < -0.39 is 0 Å². The molecule has 2 bridgehead atoms. The molecule has 3 nitrogen and oxygen atoms in total. The largest absolute Gasteiger partial charge is 0.389 e. The van der Waals surface area contributed by atoms with Crippen molar-refractivity contribution < 1.29 is 4.79 Å². The maximum atomic E-state index is 12.4. The fourth-order valence-corrected chi connectivity index (χ4v) is 3.25. The van der Waals surface area contributed by atoms with Gasteiger partial charge < -0.3 is 10.6 Å². The third-order valence-electron chi connectivity index (χ3n) is 4.09. The minimum Gasteiger partial charge on any atom is -0.389 e. The number of hydrogen-bond donors (Lipinski definition) is 1. The lowest BCUT2D eigenvalue weighted by atomic mass is 10.1. The number of nitrogens with zero attached hydrogens (tertiary/aromatic N) is 1. The molecule has 2 aliphatic rings. The standard InChI is InChI=1S/C14H16N2OS/c15-13(18)10-2-4-11(5-3-10)14(17)16-8-9-1-6-12(16)7-9/h2-5,9,12H,1,6-8H2,(H2,15,18). The molecule has 1 aromatic carbocycles. The average Bonchev–Trinajstić information content (AvgIpc) is 3.00. The summed E-state index contributed by atoms with van der Waals surface area (Å²) in [5.41, 5.74) is 7.10. The van der Waals surface area contributed by atoms with Crippen molar-refractivity contribution in [3.63, 3.8) is 0 Å². The molecule has 1 heterocycles. The van der Waals surface area contributed by atoms with Gasteiger partial charge in [-0.1, -0.05) is 24.4 Å². The molecule has 3 rings (SSSR count). The highest BCUT2D eigenvalue weighted by Gasteiger charge is 2.40. The Labute approximate surface area is 112 Å². The van der Waals surface area contributed by atoms with Gasteiger partial charge in [-0.05, 0) is 37.3 Å². The fourth-order valence-electron chi connectivity index (χ4n) is 3.12. The lowest BCUT2D eigenvalue weighted by Gasteiger charge is -2.27. The van der Waals surface area contributed by atoms with Gasteiger partial charge in [0.1, 0.15) is 4.99 Å². The molecule has 1 saturated heterocycles. The van der Waals surface area contributed by atoms with E-state index in [1.165, 1.54) is 19.3 Å².